The van der Waals surface area contributed by atoms with Gasteiger partial charge < -0.3 is 4.74 Å². The van der Waals surface area contributed by atoms with Gasteiger partial charge in [-0.1, -0.05) is 29.9 Å². The molecule has 0 saturated heterocycles. The molecule has 0 radical (unpaired) electrons. The molecule has 0 N–H and O–H groups in total. The van der Waals surface area contributed by atoms with Crippen molar-refractivity contribution >= 4 is 12.0 Å². The summed E-state index contributed by atoms with van der Waals surface area (Å²) in [5.74, 6) is -0.343. The van der Waals surface area contributed by atoms with E-state index in [1.165, 1.54) is 6.08 Å². The van der Waals surface area contributed by atoms with Crippen molar-refractivity contribution in [3.05, 3.63) is 53.1 Å². The number of hydrogen-bond acceptors (Lipinski definition) is 3. The van der Waals surface area contributed by atoms with Crippen molar-refractivity contribution in [3.8, 4) is 6.07 Å². The van der Waals surface area contributed by atoms with Crippen LogP contribution in [-0.4, -0.2) is 12.6 Å². The number of ether oxygens (including phenoxy) is 1. The second-order valence-corrected chi connectivity index (χ2v) is 3.71. The van der Waals surface area contributed by atoms with Gasteiger partial charge in [-0.25, -0.2) is 4.79 Å². The van der Waals surface area contributed by atoms with Crippen LogP contribution in [0.2, 0.25) is 0 Å². The Morgan fingerprint density at radius 2 is 2.00 bits per heavy atom. The van der Waals surface area contributed by atoms with Gasteiger partial charge in [0.25, 0.3) is 0 Å². The SMILES string of the molecule is CCOC(=O)/C=C/C(C)=C/c1ccc(C#N)cc1. The summed E-state index contributed by atoms with van der Waals surface area (Å²) < 4.78 is 4.78. The van der Waals surface area contributed by atoms with Gasteiger partial charge in [0.15, 0.2) is 0 Å². The Morgan fingerprint density at radius 3 is 2.56 bits per heavy atom. The lowest BCUT2D eigenvalue weighted by Gasteiger charge is -1.97. The molecule has 3 nitrogen and oxygen atoms in total. The number of nitriles is 1. The van der Waals surface area contributed by atoms with Gasteiger partial charge in [-0.15, -0.1) is 0 Å². The average Bonchev–Trinajstić information content (AvgIpc) is 2.38. The third-order valence-corrected chi connectivity index (χ3v) is 2.20. The number of nitrogens with zero attached hydrogens (tertiary/aromatic N) is 1. The molecule has 1 rings (SSSR count). The van der Waals surface area contributed by atoms with E-state index in [0.717, 1.165) is 11.1 Å². The van der Waals surface area contributed by atoms with Crippen LogP contribution in [0.5, 0.6) is 0 Å². The lowest BCUT2D eigenvalue weighted by molar-refractivity contribution is -0.137. The molecular weight excluding hydrogens is 226 g/mol. The molecule has 1 aromatic carbocycles. The third kappa shape index (κ3) is 4.67. The normalized spacial score (nSPS) is 11.3. The van der Waals surface area contributed by atoms with Gasteiger partial charge in [-0.3, -0.25) is 0 Å². The summed E-state index contributed by atoms with van der Waals surface area (Å²) in [4.78, 5) is 11.1. The summed E-state index contributed by atoms with van der Waals surface area (Å²) in [6.45, 7) is 4.04. The van der Waals surface area contributed by atoms with Crippen LogP contribution < -0.4 is 0 Å². The van der Waals surface area contributed by atoms with Gasteiger partial charge in [0.2, 0.25) is 0 Å². The molecule has 0 amide bonds. The molecule has 0 heterocycles. The van der Waals surface area contributed by atoms with E-state index in [-0.39, 0.29) is 5.97 Å². The first-order chi connectivity index (χ1) is 8.65. The standard InChI is InChI=1S/C15H15NO2/c1-3-18-15(17)9-4-12(2)10-13-5-7-14(11-16)8-6-13/h4-10H,3H2,1-2H3/b9-4+,12-10+. The highest BCUT2D eigenvalue weighted by atomic mass is 16.5. The van der Waals surface area contributed by atoms with Crippen LogP contribution in [0.15, 0.2) is 42.0 Å². The van der Waals surface area contributed by atoms with Crippen molar-refractivity contribution in [2.24, 2.45) is 0 Å². The Balaban J connectivity index is 2.70. The number of rotatable bonds is 4. The molecular formula is C15H15NO2. The molecule has 0 atom stereocenters. The minimum Gasteiger partial charge on any atom is -0.463 e. The van der Waals surface area contributed by atoms with Crippen molar-refractivity contribution in [2.75, 3.05) is 6.61 Å². The molecule has 92 valence electrons. The summed E-state index contributed by atoms with van der Waals surface area (Å²) in [5.41, 5.74) is 2.56. The largest absolute Gasteiger partial charge is 0.463 e. The highest BCUT2D eigenvalue weighted by molar-refractivity contribution is 5.82. The van der Waals surface area contributed by atoms with Crippen LogP contribution in [-0.2, 0) is 9.53 Å². The topological polar surface area (TPSA) is 50.1 Å². The summed E-state index contributed by atoms with van der Waals surface area (Å²) >= 11 is 0. The van der Waals surface area contributed by atoms with Gasteiger partial charge in [-0.2, -0.15) is 5.26 Å². The van der Waals surface area contributed by atoms with Crippen LogP contribution in [0, 0.1) is 11.3 Å². The molecule has 3 heteroatoms. The number of carbonyl (C=O) groups excluding carboxylic acids is 1. The quantitative estimate of drug-likeness (QED) is 0.462. The van der Waals surface area contributed by atoms with Gasteiger partial charge in [0.05, 0.1) is 18.2 Å². The molecule has 0 aliphatic carbocycles. The first-order valence-electron chi connectivity index (χ1n) is 5.69. The maximum absolute atomic E-state index is 11.1. The molecule has 0 spiro atoms. The Labute approximate surface area is 107 Å². The monoisotopic (exact) mass is 241 g/mol. The zero-order valence-corrected chi connectivity index (χ0v) is 10.5. The minimum atomic E-state index is -0.343. The van der Waals surface area contributed by atoms with Crippen LogP contribution in [0.4, 0.5) is 0 Å². The van der Waals surface area contributed by atoms with Crippen molar-refractivity contribution in [2.45, 2.75) is 13.8 Å². The fourth-order valence-corrected chi connectivity index (χ4v) is 1.35. The second kappa shape index (κ2) is 7.08. The maximum Gasteiger partial charge on any atom is 0.330 e. The molecule has 0 fully saturated rings. The highest BCUT2D eigenvalue weighted by Gasteiger charge is 1.94. The molecule has 1 aromatic rings. The smallest absolute Gasteiger partial charge is 0.330 e. The average molecular weight is 241 g/mol. The zero-order valence-electron chi connectivity index (χ0n) is 10.5. The van der Waals surface area contributed by atoms with Crippen LogP contribution in [0.1, 0.15) is 25.0 Å². The molecule has 0 aliphatic rings. The van der Waals surface area contributed by atoms with Gasteiger partial charge in [0.1, 0.15) is 0 Å². The Bertz CT molecular complexity index is 504. The molecule has 0 aromatic heterocycles. The third-order valence-electron chi connectivity index (χ3n) is 2.20. The van der Waals surface area contributed by atoms with E-state index in [9.17, 15) is 4.79 Å². The van der Waals surface area contributed by atoms with E-state index in [1.54, 1.807) is 25.1 Å². The fourth-order valence-electron chi connectivity index (χ4n) is 1.35. The molecule has 0 unspecified atom stereocenters. The van der Waals surface area contributed by atoms with Crippen LogP contribution in [0.3, 0.4) is 0 Å². The Morgan fingerprint density at radius 1 is 1.33 bits per heavy atom. The van der Waals surface area contributed by atoms with E-state index in [4.69, 9.17) is 10.00 Å². The predicted octanol–water partition coefficient (Wildman–Crippen LogP) is 3.08. The Hall–Kier alpha value is -2.34. The summed E-state index contributed by atoms with van der Waals surface area (Å²) in [5, 5.41) is 8.68. The van der Waals surface area contributed by atoms with Crippen LogP contribution in [0.25, 0.3) is 6.08 Å². The number of esters is 1. The molecule has 0 saturated carbocycles. The zero-order chi connectivity index (χ0) is 13.4. The van der Waals surface area contributed by atoms with E-state index in [2.05, 4.69) is 6.07 Å². The second-order valence-electron chi connectivity index (χ2n) is 3.71. The number of benzene rings is 1. The molecule has 0 aliphatic heterocycles. The number of carbonyl (C=O) groups is 1. The number of allylic oxidation sites excluding steroid dienone is 2. The van der Waals surface area contributed by atoms with Gasteiger partial charge in [0, 0.05) is 6.08 Å². The summed E-state index contributed by atoms with van der Waals surface area (Å²) in [6.07, 6.45) is 5.03. The van der Waals surface area contributed by atoms with Gasteiger partial charge >= 0.3 is 5.97 Å². The highest BCUT2D eigenvalue weighted by Crippen LogP contribution is 2.09. The lowest BCUT2D eigenvalue weighted by Crippen LogP contribution is -1.98. The van der Waals surface area contributed by atoms with Crippen LogP contribution >= 0.6 is 0 Å². The fraction of sp³-hybridized carbons (Fsp3) is 0.200. The van der Waals surface area contributed by atoms with Gasteiger partial charge in [-0.05, 0) is 31.5 Å². The Kier molecular flexibility index (Phi) is 5.40. The maximum atomic E-state index is 11.1. The van der Waals surface area contributed by atoms with E-state index in [1.807, 2.05) is 25.1 Å². The molecule has 18 heavy (non-hydrogen) atoms. The van der Waals surface area contributed by atoms with Crippen molar-refractivity contribution in [1.29, 1.82) is 5.26 Å². The van der Waals surface area contributed by atoms with Crippen molar-refractivity contribution < 1.29 is 9.53 Å². The minimum absolute atomic E-state index is 0.343. The summed E-state index contributed by atoms with van der Waals surface area (Å²) in [6, 6.07) is 9.30. The molecule has 0 bridgehead atoms. The van der Waals surface area contributed by atoms with E-state index < -0.39 is 0 Å². The number of hydrogen-bond donors (Lipinski definition) is 0. The van der Waals surface area contributed by atoms with E-state index >= 15 is 0 Å². The van der Waals surface area contributed by atoms with E-state index in [0.29, 0.717) is 12.2 Å². The van der Waals surface area contributed by atoms with Crippen molar-refractivity contribution in [3.63, 3.8) is 0 Å². The lowest BCUT2D eigenvalue weighted by atomic mass is 10.1. The summed E-state index contributed by atoms with van der Waals surface area (Å²) in [7, 11) is 0. The first kappa shape index (κ1) is 13.7. The predicted molar refractivity (Wildman–Crippen MR) is 70.6 cm³/mol. The van der Waals surface area contributed by atoms with Crippen molar-refractivity contribution in [1.82, 2.24) is 0 Å². The first-order valence-corrected chi connectivity index (χ1v) is 5.69.